The second kappa shape index (κ2) is 7.88. The lowest BCUT2D eigenvalue weighted by molar-refractivity contribution is -0.187. The number of allylic oxidation sites excluding steroid dienone is 4. The van der Waals surface area contributed by atoms with Crippen LogP contribution in [0.3, 0.4) is 0 Å². The monoisotopic (exact) mass is 456 g/mol. The third-order valence-corrected chi connectivity index (χ3v) is 9.69. The Hall–Kier alpha value is -1.79. The quantitative estimate of drug-likeness (QED) is 0.574. The molecular weight excluding hydrogens is 420 g/mol. The van der Waals surface area contributed by atoms with Gasteiger partial charge in [-0.3, -0.25) is 14.4 Å². The van der Waals surface area contributed by atoms with Crippen LogP contribution in [-0.4, -0.2) is 42.1 Å². The lowest BCUT2D eigenvalue weighted by atomic mass is 9.47. The fraction of sp³-hybridized carbons (Fsp3) is 0.741. The molecule has 0 aromatic heterocycles. The van der Waals surface area contributed by atoms with E-state index >= 15 is 0 Å². The average molecular weight is 457 g/mol. The minimum Gasteiger partial charge on any atom is -0.458 e. The second-order valence-electron chi connectivity index (χ2n) is 11.2. The third-order valence-electron chi connectivity index (χ3n) is 9.69. The van der Waals surface area contributed by atoms with Crippen molar-refractivity contribution in [2.75, 3.05) is 6.61 Å². The number of hydrogen-bond acceptors (Lipinski definition) is 6. The van der Waals surface area contributed by atoms with Crippen LogP contribution in [0.25, 0.3) is 0 Å². The molecule has 2 unspecified atom stereocenters. The molecule has 0 aromatic carbocycles. The van der Waals surface area contributed by atoms with Gasteiger partial charge in [0.25, 0.3) is 0 Å². The molecule has 4 fully saturated rings. The molecule has 1 saturated heterocycles. The first kappa shape index (κ1) is 23.0. The van der Waals surface area contributed by atoms with E-state index in [1.807, 2.05) is 6.08 Å². The van der Waals surface area contributed by atoms with Gasteiger partial charge in [-0.25, -0.2) is 0 Å². The van der Waals surface area contributed by atoms with Gasteiger partial charge in [0.15, 0.2) is 24.3 Å². The zero-order valence-electron chi connectivity index (χ0n) is 20.2. The molecule has 0 amide bonds. The summed E-state index contributed by atoms with van der Waals surface area (Å²) in [5, 5.41) is 0. The van der Waals surface area contributed by atoms with Crippen LogP contribution in [0.2, 0.25) is 0 Å². The van der Waals surface area contributed by atoms with Crippen LogP contribution in [0.1, 0.15) is 72.6 Å². The Morgan fingerprint density at radius 1 is 1.21 bits per heavy atom. The van der Waals surface area contributed by atoms with E-state index < -0.39 is 11.6 Å². The zero-order chi connectivity index (χ0) is 23.6. The predicted octanol–water partition coefficient (Wildman–Crippen LogP) is 4.32. The van der Waals surface area contributed by atoms with Gasteiger partial charge in [0.05, 0.1) is 6.10 Å². The Morgan fingerprint density at radius 2 is 2.00 bits per heavy atom. The van der Waals surface area contributed by atoms with Crippen molar-refractivity contribution in [3.63, 3.8) is 0 Å². The van der Waals surface area contributed by atoms with Crippen molar-refractivity contribution < 1.29 is 28.6 Å². The summed E-state index contributed by atoms with van der Waals surface area (Å²) in [7, 11) is 0. The summed E-state index contributed by atoms with van der Waals surface area (Å²) in [6.45, 7) is 7.64. The van der Waals surface area contributed by atoms with E-state index in [0.29, 0.717) is 11.8 Å². The molecule has 0 radical (unpaired) electrons. The Balaban J connectivity index is 1.49. The van der Waals surface area contributed by atoms with Crippen molar-refractivity contribution in [1.82, 2.24) is 0 Å². The summed E-state index contributed by atoms with van der Waals surface area (Å²) in [4.78, 5) is 37.2. The standard InChI is InChI=1S/C27H36O6/c1-5-6-24-32-23-14-21-19-8-7-17-13-18(29)9-11-25(17,3)20(19)10-12-26(21,4)27(23,33-24)22(30)15-31-16(2)28/h9,11,13,19-21,23-24H,5-8,10,12,14-15H2,1-4H3/t19-,20+,21+,23?,24?,25+,26+,27-/m1/s1. The molecule has 0 aromatic rings. The van der Waals surface area contributed by atoms with Gasteiger partial charge in [-0.2, -0.15) is 0 Å². The van der Waals surface area contributed by atoms with Gasteiger partial charge >= 0.3 is 5.97 Å². The van der Waals surface area contributed by atoms with Crippen LogP contribution in [0.4, 0.5) is 0 Å². The maximum atomic E-state index is 13.7. The lowest BCUT2D eigenvalue weighted by Crippen LogP contribution is -2.60. The fourth-order valence-electron chi connectivity index (χ4n) is 8.16. The number of carbonyl (C=O) groups excluding carboxylic acids is 3. The molecule has 0 N–H and O–H groups in total. The Kier molecular flexibility index (Phi) is 5.48. The van der Waals surface area contributed by atoms with Gasteiger partial charge in [0.1, 0.15) is 0 Å². The van der Waals surface area contributed by atoms with Crippen molar-refractivity contribution >= 4 is 17.5 Å². The minimum atomic E-state index is -1.06. The van der Waals surface area contributed by atoms with Gasteiger partial charge in [-0.15, -0.1) is 0 Å². The summed E-state index contributed by atoms with van der Waals surface area (Å²) in [6.07, 6.45) is 11.2. The molecule has 6 heteroatoms. The molecular formula is C27H36O6. The van der Waals surface area contributed by atoms with E-state index in [1.165, 1.54) is 12.5 Å². The normalized spacial score (nSPS) is 45.5. The highest BCUT2D eigenvalue weighted by molar-refractivity contribution is 6.01. The molecule has 1 aliphatic heterocycles. The van der Waals surface area contributed by atoms with E-state index in [2.05, 4.69) is 26.8 Å². The van der Waals surface area contributed by atoms with Gasteiger partial charge in [-0.1, -0.05) is 38.8 Å². The average Bonchev–Trinajstić information content (AvgIpc) is 3.25. The summed E-state index contributed by atoms with van der Waals surface area (Å²) in [5.41, 5.74) is -0.274. The Bertz CT molecular complexity index is 935. The molecule has 8 atom stereocenters. The van der Waals surface area contributed by atoms with Crippen molar-refractivity contribution in [1.29, 1.82) is 0 Å². The summed E-state index contributed by atoms with van der Waals surface area (Å²) >= 11 is 0. The Labute approximate surface area is 196 Å². The highest BCUT2D eigenvalue weighted by Crippen LogP contribution is 2.69. The summed E-state index contributed by atoms with van der Waals surface area (Å²) in [5.74, 6) is 0.637. The van der Waals surface area contributed by atoms with E-state index in [1.54, 1.807) is 6.08 Å². The van der Waals surface area contributed by atoms with Crippen LogP contribution in [-0.2, 0) is 28.6 Å². The van der Waals surface area contributed by atoms with E-state index in [0.717, 1.165) is 44.9 Å². The van der Waals surface area contributed by atoms with Gasteiger partial charge in [0.2, 0.25) is 5.78 Å². The molecule has 4 aliphatic carbocycles. The number of ketones is 2. The number of esters is 1. The number of Topliss-reactive ketones (excluding diaryl/α,β-unsaturated/α-hetero) is 1. The lowest BCUT2D eigenvalue weighted by Gasteiger charge is -2.58. The largest absolute Gasteiger partial charge is 0.458 e. The fourth-order valence-corrected chi connectivity index (χ4v) is 8.16. The predicted molar refractivity (Wildman–Crippen MR) is 121 cm³/mol. The van der Waals surface area contributed by atoms with Gasteiger partial charge in [-0.05, 0) is 68.4 Å². The Morgan fingerprint density at radius 3 is 2.73 bits per heavy atom. The van der Waals surface area contributed by atoms with Crippen LogP contribution in [0, 0.1) is 28.6 Å². The van der Waals surface area contributed by atoms with Gasteiger partial charge in [0, 0.05) is 17.8 Å². The maximum Gasteiger partial charge on any atom is 0.303 e. The number of ether oxygens (including phenoxy) is 3. The first-order chi connectivity index (χ1) is 15.7. The number of hydrogen-bond donors (Lipinski definition) is 0. The van der Waals surface area contributed by atoms with Crippen molar-refractivity contribution in [2.45, 2.75) is 90.6 Å². The molecule has 1 heterocycles. The SMILES string of the molecule is CCCC1OC2C[C@H]3[C@@H]4CCC5=CC(=O)C=C[C@]5(C)[C@H]4CC[C@]3(C)[C@]2(C(=O)COC(C)=O)O1. The van der Waals surface area contributed by atoms with Crippen LogP contribution >= 0.6 is 0 Å². The van der Waals surface area contributed by atoms with Crippen LogP contribution in [0.15, 0.2) is 23.8 Å². The topological polar surface area (TPSA) is 78.9 Å². The van der Waals surface area contributed by atoms with E-state index in [-0.39, 0.29) is 47.3 Å². The van der Waals surface area contributed by atoms with Crippen molar-refractivity contribution in [2.24, 2.45) is 28.6 Å². The van der Waals surface area contributed by atoms with Gasteiger partial charge < -0.3 is 14.2 Å². The first-order valence-electron chi connectivity index (χ1n) is 12.6. The summed E-state index contributed by atoms with van der Waals surface area (Å²) < 4.78 is 18.1. The highest BCUT2D eigenvalue weighted by Gasteiger charge is 2.74. The minimum absolute atomic E-state index is 0.0933. The van der Waals surface area contributed by atoms with Crippen LogP contribution in [0.5, 0.6) is 0 Å². The summed E-state index contributed by atoms with van der Waals surface area (Å²) in [6, 6.07) is 0. The van der Waals surface area contributed by atoms with Crippen molar-refractivity contribution in [3.8, 4) is 0 Å². The second-order valence-corrected chi connectivity index (χ2v) is 11.2. The number of fused-ring (bicyclic) bond motifs is 7. The molecule has 0 spiro atoms. The van der Waals surface area contributed by atoms with E-state index in [4.69, 9.17) is 14.2 Å². The molecule has 3 saturated carbocycles. The molecule has 0 bridgehead atoms. The molecule has 6 nitrogen and oxygen atoms in total. The number of carbonyl (C=O) groups is 3. The molecule has 5 rings (SSSR count). The smallest absolute Gasteiger partial charge is 0.303 e. The van der Waals surface area contributed by atoms with Crippen LogP contribution < -0.4 is 0 Å². The first-order valence-corrected chi connectivity index (χ1v) is 12.6. The highest BCUT2D eigenvalue weighted by atomic mass is 16.7. The molecule has 5 aliphatic rings. The maximum absolute atomic E-state index is 13.7. The van der Waals surface area contributed by atoms with Crippen molar-refractivity contribution in [3.05, 3.63) is 23.8 Å². The van der Waals surface area contributed by atoms with E-state index in [9.17, 15) is 14.4 Å². The number of rotatable bonds is 5. The molecule has 33 heavy (non-hydrogen) atoms. The third kappa shape index (κ3) is 3.16. The zero-order valence-corrected chi connectivity index (χ0v) is 20.2. The molecule has 180 valence electrons.